The molecule has 0 aliphatic heterocycles. The van der Waals surface area contributed by atoms with Gasteiger partial charge in [-0.25, -0.2) is 8.42 Å². The maximum Gasteiger partial charge on any atom is 0.416 e. The highest BCUT2D eigenvalue weighted by atomic mass is 32.2. The summed E-state index contributed by atoms with van der Waals surface area (Å²) in [6.07, 6.45) is -0.352. The van der Waals surface area contributed by atoms with Gasteiger partial charge < -0.3 is 5.32 Å². The Labute approximate surface area is 173 Å². The van der Waals surface area contributed by atoms with Crippen LogP contribution in [0.1, 0.15) is 37.7 Å². The molecule has 0 saturated heterocycles. The average Bonchev–Trinajstić information content (AvgIpc) is 2.73. The fraction of sp³-hybridized carbons (Fsp3) is 0.381. The molecule has 1 aliphatic rings. The number of anilines is 1. The molecule has 1 fully saturated rings. The number of alkyl halides is 3. The molecule has 0 bridgehead atoms. The predicted molar refractivity (Wildman–Crippen MR) is 107 cm³/mol. The molecular formula is C21H23F3N2O3S. The average molecular weight is 440 g/mol. The third-order valence-electron chi connectivity index (χ3n) is 5.13. The number of carbonyl (C=O) groups is 1. The number of benzene rings is 2. The van der Waals surface area contributed by atoms with E-state index in [9.17, 15) is 26.4 Å². The quantitative estimate of drug-likeness (QED) is 0.710. The molecule has 9 heteroatoms. The summed E-state index contributed by atoms with van der Waals surface area (Å²) in [6, 6.07) is 11.7. The first kappa shape index (κ1) is 22.3. The van der Waals surface area contributed by atoms with Crippen LogP contribution >= 0.6 is 0 Å². The first-order valence-corrected chi connectivity index (χ1v) is 11.2. The Hall–Kier alpha value is -2.39. The zero-order valence-corrected chi connectivity index (χ0v) is 17.0. The van der Waals surface area contributed by atoms with Crippen LogP contribution in [0.3, 0.4) is 0 Å². The summed E-state index contributed by atoms with van der Waals surface area (Å²) in [6.45, 7) is -0.400. The molecule has 2 aromatic rings. The molecule has 2 aromatic carbocycles. The molecule has 1 N–H and O–H groups in total. The van der Waals surface area contributed by atoms with Crippen LogP contribution in [0.25, 0.3) is 0 Å². The standard InChI is InChI=1S/C21H23F3N2O3S/c22-21(23,24)16-11-13-17(14-12-16)25-20(27)15-26(18-7-3-1-4-8-18)30(28,29)19-9-5-2-6-10-19/h2,5-6,9-14,18H,1,3-4,7-8,15H2,(H,25,27). The lowest BCUT2D eigenvalue weighted by Crippen LogP contribution is -2.45. The van der Waals surface area contributed by atoms with Gasteiger partial charge in [0.05, 0.1) is 17.0 Å². The van der Waals surface area contributed by atoms with E-state index >= 15 is 0 Å². The van der Waals surface area contributed by atoms with Gasteiger partial charge in [-0.2, -0.15) is 17.5 Å². The van der Waals surface area contributed by atoms with Crippen LogP contribution in [0, 0.1) is 0 Å². The number of halogens is 3. The van der Waals surface area contributed by atoms with E-state index in [1.54, 1.807) is 18.2 Å². The number of sulfonamides is 1. The minimum Gasteiger partial charge on any atom is -0.325 e. The van der Waals surface area contributed by atoms with Gasteiger partial charge in [0, 0.05) is 11.7 Å². The predicted octanol–water partition coefficient (Wildman–Crippen LogP) is 4.67. The summed E-state index contributed by atoms with van der Waals surface area (Å²) in [7, 11) is -3.89. The lowest BCUT2D eigenvalue weighted by Gasteiger charge is -2.33. The van der Waals surface area contributed by atoms with E-state index in [0.717, 1.165) is 43.5 Å². The van der Waals surface area contributed by atoms with Crippen LogP contribution in [0.5, 0.6) is 0 Å². The van der Waals surface area contributed by atoms with Crippen LogP contribution in [0.15, 0.2) is 59.5 Å². The summed E-state index contributed by atoms with van der Waals surface area (Å²) in [4.78, 5) is 12.7. The molecule has 0 atom stereocenters. The summed E-state index contributed by atoms with van der Waals surface area (Å²) in [5.74, 6) is -0.597. The topological polar surface area (TPSA) is 66.5 Å². The highest BCUT2D eigenvalue weighted by Crippen LogP contribution is 2.30. The van der Waals surface area contributed by atoms with E-state index in [-0.39, 0.29) is 16.6 Å². The molecule has 3 rings (SSSR count). The monoisotopic (exact) mass is 440 g/mol. The van der Waals surface area contributed by atoms with E-state index in [1.165, 1.54) is 16.4 Å². The van der Waals surface area contributed by atoms with Gasteiger partial charge in [-0.3, -0.25) is 4.79 Å². The van der Waals surface area contributed by atoms with Crippen molar-refractivity contribution >= 4 is 21.6 Å². The normalized spacial score (nSPS) is 15.9. The third kappa shape index (κ3) is 5.40. The van der Waals surface area contributed by atoms with Gasteiger partial charge in [0.1, 0.15) is 0 Å². The largest absolute Gasteiger partial charge is 0.416 e. The van der Waals surface area contributed by atoms with E-state index in [1.807, 2.05) is 0 Å². The van der Waals surface area contributed by atoms with Crippen molar-refractivity contribution in [3.8, 4) is 0 Å². The van der Waals surface area contributed by atoms with E-state index < -0.39 is 34.2 Å². The summed E-state index contributed by atoms with van der Waals surface area (Å²) >= 11 is 0. The molecule has 0 spiro atoms. The van der Waals surface area contributed by atoms with Crippen LogP contribution in [-0.4, -0.2) is 31.2 Å². The van der Waals surface area contributed by atoms with Crippen molar-refractivity contribution in [1.29, 1.82) is 0 Å². The van der Waals surface area contributed by atoms with Crippen LogP contribution in [-0.2, 0) is 21.0 Å². The Bertz CT molecular complexity index is 955. The summed E-state index contributed by atoms with van der Waals surface area (Å²) < 4.78 is 65.7. The number of nitrogens with one attached hydrogen (secondary N) is 1. The maximum absolute atomic E-state index is 13.2. The second-order valence-corrected chi connectivity index (χ2v) is 9.17. The Kier molecular flexibility index (Phi) is 6.82. The Morgan fingerprint density at radius 3 is 2.13 bits per heavy atom. The van der Waals surface area contributed by atoms with Gasteiger partial charge in [-0.15, -0.1) is 0 Å². The Morgan fingerprint density at radius 2 is 1.57 bits per heavy atom. The SMILES string of the molecule is O=C(CN(C1CCCCC1)S(=O)(=O)c1ccccc1)Nc1ccc(C(F)(F)F)cc1. The molecular weight excluding hydrogens is 417 g/mol. The fourth-order valence-corrected chi connectivity index (χ4v) is 5.25. The first-order valence-electron chi connectivity index (χ1n) is 9.72. The van der Waals surface area contributed by atoms with Crippen molar-refractivity contribution in [1.82, 2.24) is 4.31 Å². The Balaban J connectivity index is 1.78. The zero-order chi connectivity index (χ0) is 21.8. The molecule has 0 unspecified atom stereocenters. The smallest absolute Gasteiger partial charge is 0.325 e. The van der Waals surface area contributed by atoms with Crippen molar-refractivity contribution in [3.05, 3.63) is 60.2 Å². The summed E-state index contributed by atoms with van der Waals surface area (Å²) in [5.41, 5.74) is -0.648. The van der Waals surface area contributed by atoms with Crippen molar-refractivity contribution in [3.63, 3.8) is 0 Å². The number of carbonyl (C=O) groups excluding carboxylic acids is 1. The molecule has 0 radical (unpaired) electrons. The van der Waals surface area contributed by atoms with E-state index in [2.05, 4.69) is 5.32 Å². The molecule has 1 saturated carbocycles. The minimum absolute atomic E-state index is 0.109. The van der Waals surface area contributed by atoms with Crippen molar-refractivity contribution in [2.45, 2.75) is 49.2 Å². The third-order valence-corrected chi connectivity index (χ3v) is 7.04. The number of hydrogen-bond acceptors (Lipinski definition) is 3. The minimum atomic E-state index is -4.47. The van der Waals surface area contributed by atoms with E-state index in [0.29, 0.717) is 12.8 Å². The van der Waals surface area contributed by atoms with Gasteiger partial charge in [0.2, 0.25) is 15.9 Å². The molecule has 0 heterocycles. The number of rotatable bonds is 6. The van der Waals surface area contributed by atoms with Crippen LogP contribution < -0.4 is 5.32 Å². The van der Waals surface area contributed by atoms with Crippen molar-refractivity contribution < 1.29 is 26.4 Å². The van der Waals surface area contributed by atoms with Gasteiger partial charge in [0.25, 0.3) is 0 Å². The lowest BCUT2D eigenvalue weighted by molar-refractivity contribution is -0.137. The number of hydrogen-bond donors (Lipinski definition) is 1. The molecule has 162 valence electrons. The fourth-order valence-electron chi connectivity index (χ4n) is 3.59. The maximum atomic E-state index is 13.2. The van der Waals surface area contributed by atoms with Crippen molar-refractivity contribution in [2.24, 2.45) is 0 Å². The number of amides is 1. The van der Waals surface area contributed by atoms with Crippen LogP contribution in [0.4, 0.5) is 18.9 Å². The van der Waals surface area contributed by atoms with Gasteiger partial charge in [0.15, 0.2) is 0 Å². The highest BCUT2D eigenvalue weighted by molar-refractivity contribution is 7.89. The molecule has 30 heavy (non-hydrogen) atoms. The van der Waals surface area contributed by atoms with Crippen molar-refractivity contribution in [2.75, 3.05) is 11.9 Å². The van der Waals surface area contributed by atoms with Crippen LogP contribution in [0.2, 0.25) is 0 Å². The molecule has 5 nitrogen and oxygen atoms in total. The van der Waals surface area contributed by atoms with E-state index in [4.69, 9.17) is 0 Å². The number of nitrogens with zero attached hydrogens (tertiary/aromatic N) is 1. The molecule has 1 aliphatic carbocycles. The summed E-state index contributed by atoms with van der Waals surface area (Å²) in [5, 5.41) is 2.50. The van der Waals surface area contributed by atoms with Gasteiger partial charge in [-0.05, 0) is 49.2 Å². The highest BCUT2D eigenvalue weighted by Gasteiger charge is 2.34. The zero-order valence-electron chi connectivity index (χ0n) is 16.2. The van der Waals surface area contributed by atoms with Gasteiger partial charge in [-0.1, -0.05) is 37.5 Å². The van der Waals surface area contributed by atoms with Gasteiger partial charge >= 0.3 is 6.18 Å². The second kappa shape index (κ2) is 9.18. The lowest BCUT2D eigenvalue weighted by atomic mass is 9.95. The Morgan fingerprint density at radius 1 is 0.967 bits per heavy atom. The molecule has 1 amide bonds. The first-order chi connectivity index (χ1) is 14.2. The second-order valence-electron chi connectivity index (χ2n) is 7.28. The molecule has 0 aromatic heterocycles.